The molecule has 0 aromatic heterocycles. The van der Waals surface area contributed by atoms with E-state index >= 15 is 8.78 Å². The van der Waals surface area contributed by atoms with Crippen LogP contribution in [0.15, 0.2) is 42.0 Å². The second kappa shape index (κ2) is 10.2. The topological polar surface area (TPSA) is 55.8 Å². The van der Waals surface area contributed by atoms with Gasteiger partial charge in [-0.05, 0) is 67.0 Å². The Kier molecular flexibility index (Phi) is 7.41. The number of alkyl halides is 5. The van der Waals surface area contributed by atoms with Gasteiger partial charge in [-0.2, -0.15) is 13.2 Å². The number of benzene rings is 2. The summed E-state index contributed by atoms with van der Waals surface area (Å²) in [5.74, 6) is -6.29. The third kappa shape index (κ3) is 5.88. The third-order valence-corrected chi connectivity index (χ3v) is 6.58. The molecule has 194 valence electrons. The standard InChI is InChI=1S/C27H27F5O4/c1-16-2-4-17(5-3-16)21-10-11-35-14-18(21)15-36-20-12-23(26(28,29)19-6-7-19)22(8-9-25(33)34)24(13-20)27(30,31)32/h2-5,12-13,19H,6-11,14-15H2,1H3,(H,33,34). The van der Waals surface area contributed by atoms with Gasteiger partial charge in [0, 0.05) is 17.9 Å². The summed E-state index contributed by atoms with van der Waals surface area (Å²) in [4.78, 5) is 11.0. The van der Waals surface area contributed by atoms with Gasteiger partial charge >= 0.3 is 12.1 Å². The van der Waals surface area contributed by atoms with Crippen LogP contribution in [-0.2, 0) is 28.1 Å². The number of rotatable bonds is 9. The van der Waals surface area contributed by atoms with Gasteiger partial charge in [-0.25, -0.2) is 8.78 Å². The van der Waals surface area contributed by atoms with Crippen LogP contribution in [0.3, 0.4) is 0 Å². The summed E-state index contributed by atoms with van der Waals surface area (Å²) in [5.41, 5.74) is 0.935. The van der Waals surface area contributed by atoms with Crippen molar-refractivity contribution in [2.24, 2.45) is 5.92 Å². The molecule has 0 unspecified atom stereocenters. The van der Waals surface area contributed by atoms with E-state index in [9.17, 15) is 18.0 Å². The minimum absolute atomic E-state index is 0.122. The first-order valence-electron chi connectivity index (χ1n) is 11.8. The lowest BCUT2D eigenvalue weighted by Gasteiger charge is -2.25. The Morgan fingerprint density at radius 3 is 2.36 bits per heavy atom. The number of aliphatic carboxylic acids is 1. The molecule has 2 aliphatic rings. The van der Waals surface area contributed by atoms with Gasteiger partial charge in [-0.1, -0.05) is 29.8 Å². The molecule has 1 aliphatic heterocycles. The van der Waals surface area contributed by atoms with Crippen molar-refractivity contribution in [3.05, 3.63) is 69.8 Å². The van der Waals surface area contributed by atoms with Crippen molar-refractivity contribution in [2.75, 3.05) is 19.8 Å². The van der Waals surface area contributed by atoms with E-state index < -0.39 is 53.5 Å². The molecule has 0 radical (unpaired) electrons. The number of carboxylic acids is 1. The van der Waals surface area contributed by atoms with E-state index in [0.29, 0.717) is 19.1 Å². The Balaban J connectivity index is 1.71. The molecule has 0 bridgehead atoms. The van der Waals surface area contributed by atoms with E-state index in [1.807, 2.05) is 31.2 Å². The van der Waals surface area contributed by atoms with Crippen LogP contribution in [0.5, 0.6) is 5.75 Å². The fraction of sp³-hybridized carbons (Fsp3) is 0.444. The summed E-state index contributed by atoms with van der Waals surface area (Å²) in [7, 11) is 0. The largest absolute Gasteiger partial charge is 0.489 e. The number of aryl methyl sites for hydroxylation is 1. The maximum absolute atomic E-state index is 15.2. The second-order valence-electron chi connectivity index (χ2n) is 9.33. The first-order valence-corrected chi connectivity index (χ1v) is 11.8. The monoisotopic (exact) mass is 510 g/mol. The SMILES string of the molecule is Cc1ccc(C2=C(COc3cc(C(F)(F)F)c(CCC(=O)O)c(C(F)(F)C4CC4)c3)COCC2)cc1. The van der Waals surface area contributed by atoms with Crippen molar-refractivity contribution in [1.82, 2.24) is 0 Å². The van der Waals surface area contributed by atoms with Gasteiger partial charge in [-0.3, -0.25) is 4.79 Å². The summed E-state index contributed by atoms with van der Waals surface area (Å²) in [6, 6.07) is 9.44. The van der Waals surface area contributed by atoms with E-state index in [-0.39, 0.29) is 31.8 Å². The molecular weight excluding hydrogens is 483 g/mol. The smallest absolute Gasteiger partial charge is 0.416 e. The summed E-state index contributed by atoms with van der Waals surface area (Å²) in [6.45, 7) is 2.54. The van der Waals surface area contributed by atoms with Gasteiger partial charge in [0.2, 0.25) is 0 Å². The van der Waals surface area contributed by atoms with Crippen molar-refractivity contribution in [1.29, 1.82) is 0 Å². The maximum Gasteiger partial charge on any atom is 0.416 e. The number of hydrogen-bond acceptors (Lipinski definition) is 3. The van der Waals surface area contributed by atoms with Gasteiger partial charge in [0.1, 0.15) is 12.4 Å². The maximum atomic E-state index is 15.2. The Morgan fingerprint density at radius 1 is 1.08 bits per heavy atom. The van der Waals surface area contributed by atoms with E-state index in [1.54, 1.807) is 0 Å². The minimum atomic E-state index is -4.96. The van der Waals surface area contributed by atoms with Gasteiger partial charge in [0.15, 0.2) is 0 Å². The molecule has 1 aliphatic carbocycles. The van der Waals surface area contributed by atoms with Gasteiger partial charge in [0.25, 0.3) is 5.92 Å². The molecule has 36 heavy (non-hydrogen) atoms. The lowest BCUT2D eigenvalue weighted by Crippen LogP contribution is -2.23. The molecule has 0 atom stereocenters. The molecule has 1 heterocycles. The first-order chi connectivity index (χ1) is 17.0. The van der Waals surface area contributed by atoms with Crippen LogP contribution in [0.1, 0.15) is 53.5 Å². The zero-order valence-corrected chi connectivity index (χ0v) is 19.8. The van der Waals surface area contributed by atoms with E-state index in [1.165, 1.54) is 0 Å². The van der Waals surface area contributed by atoms with Crippen molar-refractivity contribution in [3.8, 4) is 5.75 Å². The van der Waals surface area contributed by atoms with Crippen LogP contribution in [0.2, 0.25) is 0 Å². The highest BCUT2D eigenvalue weighted by Gasteiger charge is 2.50. The second-order valence-corrected chi connectivity index (χ2v) is 9.33. The van der Waals surface area contributed by atoms with E-state index in [2.05, 4.69) is 0 Å². The first kappa shape index (κ1) is 26.1. The number of ether oxygens (including phenoxy) is 2. The lowest BCUT2D eigenvalue weighted by atomic mass is 9.90. The Bertz CT molecular complexity index is 1150. The van der Waals surface area contributed by atoms with Crippen molar-refractivity contribution in [3.63, 3.8) is 0 Å². The summed E-state index contributed by atoms with van der Waals surface area (Å²) in [5, 5.41) is 8.99. The summed E-state index contributed by atoms with van der Waals surface area (Å²) < 4.78 is 83.5. The molecule has 0 spiro atoms. The zero-order chi connectivity index (χ0) is 26.1. The number of carboxylic acid groups (broad SMARTS) is 1. The van der Waals surface area contributed by atoms with Crippen LogP contribution in [0.25, 0.3) is 5.57 Å². The number of carbonyl (C=O) groups is 1. The van der Waals surface area contributed by atoms with Gasteiger partial charge in [0.05, 0.1) is 18.8 Å². The molecule has 0 saturated heterocycles. The summed E-state index contributed by atoms with van der Waals surface area (Å²) >= 11 is 0. The lowest BCUT2D eigenvalue weighted by molar-refractivity contribution is -0.140. The molecule has 4 rings (SSSR count). The van der Waals surface area contributed by atoms with Crippen LogP contribution >= 0.6 is 0 Å². The average molecular weight is 510 g/mol. The minimum Gasteiger partial charge on any atom is -0.489 e. The van der Waals surface area contributed by atoms with Crippen molar-refractivity contribution >= 4 is 11.5 Å². The fourth-order valence-electron chi connectivity index (χ4n) is 4.48. The molecule has 2 aromatic rings. The highest BCUT2D eigenvalue weighted by Crippen LogP contribution is 2.52. The van der Waals surface area contributed by atoms with Gasteiger partial charge in [-0.15, -0.1) is 0 Å². The molecule has 2 aromatic carbocycles. The normalized spacial score (nSPS) is 16.8. The molecule has 1 saturated carbocycles. The van der Waals surface area contributed by atoms with E-state index in [0.717, 1.165) is 28.3 Å². The molecule has 1 fully saturated rings. The van der Waals surface area contributed by atoms with Crippen molar-refractivity contribution < 1.29 is 41.3 Å². The zero-order valence-electron chi connectivity index (χ0n) is 19.8. The van der Waals surface area contributed by atoms with Crippen LogP contribution in [-0.4, -0.2) is 30.9 Å². The predicted molar refractivity (Wildman–Crippen MR) is 123 cm³/mol. The molecule has 0 amide bonds. The number of hydrogen-bond donors (Lipinski definition) is 1. The van der Waals surface area contributed by atoms with Gasteiger partial charge < -0.3 is 14.6 Å². The highest BCUT2D eigenvalue weighted by atomic mass is 19.4. The highest BCUT2D eigenvalue weighted by molar-refractivity contribution is 5.70. The predicted octanol–water partition coefficient (Wildman–Crippen LogP) is 6.79. The van der Waals surface area contributed by atoms with Crippen LogP contribution in [0, 0.1) is 12.8 Å². The average Bonchev–Trinajstić information content (AvgIpc) is 3.67. The van der Waals surface area contributed by atoms with Crippen molar-refractivity contribution in [2.45, 2.75) is 51.1 Å². The van der Waals surface area contributed by atoms with Crippen LogP contribution in [0.4, 0.5) is 22.0 Å². The molecular formula is C27H27F5O4. The molecule has 4 nitrogen and oxygen atoms in total. The van der Waals surface area contributed by atoms with Crippen LogP contribution < -0.4 is 4.74 Å². The molecule has 9 heteroatoms. The quantitative estimate of drug-likeness (QED) is 0.378. The Labute approximate surface area is 205 Å². The fourth-order valence-corrected chi connectivity index (χ4v) is 4.48. The number of halogens is 5. The Hall–Kier alpha value is -2.94. The molecule has 1 N–H and O–H groups in total. The van der Waals surface area contributed by atoms with E-state index in [4.69, 9.17) is 14.6 Å². The Morgan fingerprint density at radius 2 is 1.75 bits per heavy atom. The third-order valence-electron chi connectivity index (χ3n) is 6.58. The summed E-state index contributed by atoms with van der Waals surface area (Å²) in [6.07, 6.45) is -5.32.